The molecule has 4 aromatic carbocycles. The molecule has 0 aliphatic heterocycles. The van der Waals surface area contributed by atoms with Gasteiger partial charge in [0, 0.05) is 12.2 Å². The first-order valence-electron chi connectivity index (χ1n) is 25.2. The summed E-state index contributed by atoms with van der Waals surface area (Å²) in [6.45, 7) is 9.74. The Morgan fingerprint density at radius 3 is 1.07 bits per heavy atom. The van der Waals surface area contributed by atoms with E-state index >= 15 is 0 Å². The van der Waals surface area contributed by atoms with Crippen molar-refractivity contribution in [3.05, 3.63) is 145 Å². The maximum Gasteiger partial charge on any atom is 0.343 e. The third kappa shape index (κ3) is 21.6. The van der Waals surface area contributed by atoms with E-state index in [1.807, 2.05) is 24.3 Å². The van der Waals surface area contributed by atoms with Gasteiger partial charge in [0.15, 0.2) is 0 Å². The Balaban J connectivity index is 0.918. The number of esters is 4. The van der Waals surface area contributed by atoms with Crippen molar-refractivity contribution in [3.8, 4) is 23.0 Å². The van der Waals surface area contributed by atoms with Crippen molar-refractivity contribution in [1.82, 2.24) is 0 Å². The maximum atomic E-state index is 12.9. The van der Waals surface area contributed by atoms with Gasteiger partial charge in [0.05, 0.1) is 63.0 Å². The Kier molecular flexibility index (Phi) is 25.4. The van der Waals surface area contributed by atoms with Gasteiger partial charge in [-0.25, -0.2) is 19.2 Å². The predicted octanol–water partition coefficient (Wildman–Crippen LogP) is 12.8. The van der Waals surface area contributed by atoms with Crippen LogP contribution in [0, 0.1) is 0 Å². The van der Waals surface area contributed by atoms with Gasteiger partial charge in [-0.1, -0.05) is 114 Å². The van der Waals surface area contributed by atoms with Gasteiger partial charge in [-0.2, -0.15) is 0 Å². The molecule has 12 heteroatoms. The van der Waals surface area contributed by atoms with E-state index in [1.165, 1.54) is 12.2 Å². The lowest BCUT2D eigenvalue weighted by Gasteiger charge is -2.31. The van der Waals surface area contributed by atoms with E-state index in [9.17, 15) is 19.2 Å². The highest BCUT2D eigenvalue weighted by Crippen LogP contribution is 2.27. The van der Waals surface area contributed by atoms with Crippen molar-refractivity contribution in [2.24, 2.45) is 0 Å². The molecule has 0 bridgehead atoms. The average Bonchev–Trinajstić information content (AvgIpc) is 3.39. The van der Waals surface area contributed by atoms with Crippen molar-refractivity contribution in [2.45, 2.75) is 141 Å². The Morgan fingerprint density at radius 2 is 0.729 bits per heavy atom. The normalized spacial score (nSPS) is 14.2. The first-order valence-corrected chi connectivity index (χ1v) is 25.2. The van der Waals surface area contributed by atoms with Crippen molar-refractivity contribution in [2.75, 3.05) is 26.4 Å². The minimum Gasteiger partial charge on any atom is -0.494 e. The van der Waals surface area contributed by atoms with E-state index < -0.39 is 11.9 Å². The second-order valence-electron chi connectivity index (χ2n) is 17.5. The van der Waals surface area contributed by atoms with Gasteiger partial charge in [0.25, 0.3) is 0 Å². The maximum absolute atomic E-state index is 12.9. The summed E-state index contributed by atoms with van der Waals surface area (Å²) in [6, 6.07) is 28.8. The van der Waals surface area contributed by atoms with Crippen LogP contribution in [0.2, 0.25) is 0 Å². The molecule has 1 aliphatic rings. The van der Waals surface area contributed by atoms with Crippen LogP contribution in [0.1, 0.15) is 147 Å². The van der Waals surface area contributed by atoms with Crippen LogP contribution in [0.3, 0.4) is 0 Å². The average molecular weight is 961 g/mol. The lowest BCUT2D eigenvalue weighted by Crippen LogP contribution is -2.34. The van der Waals surface area contributed by atoms with Gasteiger partial charge < -0.3 is 37.9 Å². The third-order valence-electron chi connectivity index (χ3n) is 12.0. The van der Waals surface area contributed by atoms with Crippen molar-refractivity contribution >= 4 is 23.9 Å². The van der Waals surface area contributed by atoms with Gasteiger partial charge in [-0.15, -0.1) is 0 Å². The summed E-state index contributed by atoms with van der Waals surface area (Å²) in [5, 5.41) is 0. The monoisotopic (exact) mass is 961 g/mol. The lowest BCUT2D eigenvalue weighted by atomic mass is 9.94. The molecular formula is C58H72O12. The fourth-order valence-electron chi connectivity index (χ4n) is 7.88. The number of hydrogen-bond acceptors (Lipinski definition) is 12. The quantitative estimate of drug-likeness (QED) is 0.0190. The molecule has 5 rings (SSSR count). The number of benzene rings is 4. The van der Waals surface area contributed by atoms with E-state index in [4.69, 9.17) is 37.9 Å². The zero-order valence-electron chi connectivity index (χ0n) is 40.8. The Morgan fingerprint density at radius 1 is 0.414 bits per heavy atom. The number of carbonyl (C=O) groups excluding carboxylic acids is 4. The highest BCUT2D eigenvalue weighted by molar-refractivity contribution is 5.91. The van der Waals surface area contributed by atoms with Crippen LogP contribution < -0.4 is 18.9 Å². The zero-order valence-corrected chi connectivity index (χ0v) is 40.8. The molecule has 0 saturated heterocycles. The number of ether oxygens (including phenoxy) is 8. The Bertz CT molecular complexity index is 1990. The molecule has 0 amide bonds. The van der Waals surface area contributed by atoms with Crippen LogP contribution in [0.25, 0.3) is 0 Å². The predicted molar refractivity (Wildman–Crippen MR) is 269 cm³/mol. The van der Waals surface area contributed by atoms with E-state index in [1.54, 1.807) is 72.8 Å². The number of unbranched alkanes of at least 4 members (excludes halogenated alkanes) is 12. The van der Waals surface area contributed by atoms with Crippen molar-refractivity contribution < 1.29 is 57.1 Å². The molecule has 4 aromatic rings. The minimum absolute atomic E-state index is 0.0464. The smallest absolute Gasteiger partial charge is 0.343 e. The van der Waals surface area contributed by atoms with Crippen LogP contribution in [-0.2, 0) is 41.8 Å². The molecule has 376 valence electrons. The second-order valence-corrected chi connectivity index (χ2v) is 17.5. The van der Waals surface area contributed by atoms with E-state index in [2.05, 4.69) is 13.2 Å². The molecular weight excluding hydrogens is 889 g/mol. The number of carbonyl (C=O) groups is 4. The Hall–Kier alpha value is -6.24. The summed E-state index contributed by atoms with van der Waals surface area (Å²) in [5.41, 5.74) is 2.82. The molecule has 1 saturated carbocycles. The van der Waals surface area contributed by atoms with Crippen LogP contribution in [0.15, 0.2) is 122 Å². The SMILES string of the molecule is C=CC(=O)OCCCCCCCCCOc1ccc(C(=O)Oc2ccc(CO[C@@H]3CCCC[C@H]3OCc3ccc(OC(=O)c4ccc(OCCCCCCCCCOC(=O)C=C)cc4)cc3)cc2)cc1. The molecule has 2 atom stereocenters. The van der Waals surface area contributed by atoms with Crippen LogP contribution in [0.5, 0.6) is 23.0 Å². The molecule has 0 N–H and O–H groups in total. The van der Waals surface area contributed by atoms with Crippen LogP contribution in [-0.4, -0.2) is 62.5 Å². The largest absolute Gasteiger partial charge is 0.494 e. The molecule has 12 nitrogen and oxygen atoms in total. The fourth-order valence-corrected chi connectivity index (χ4v) is 7.88. The third-order valence-corrected chi connectivity index (χ3v) is 12.0. The van der Waals surface area contributed by atoms with Gasteiger partial charge in [-0.05, 0) is 122 Å². The number of rotatable bonds is 34. The van der Waals surface area contributed by atoms with E-state index in [0.717, 1.165) is 127 Å². The van der Waals surface area contributed by atoms with E-state index in [-0.39, 0.29) is 24.1 Å². The van der Waals surface area contributed by atoms with Gasteiger partial charge in [-0.3, -0.25) is 0 Å². The topological polar surface area (TPSA) is 142 Å². The molecule has 0 heterocycles. The Labute approximate surface area is 414 Å². The summed E-state index contributed by atoms with van der Waals surface area (Å²) in [5.74, 6) is 0.727. The molecule has 1 aliphatic carbocycles. The summed E-state index contributed by atoms with van der Waals surface area (Å²) < 4.78 is 45.8. The molecule has 0 unspecified atom stereocenters. The van der Waals surface area contributed by atoms with Gasteiger partial charge >= 0.3 is 23.9 Å². The van der Waals surface area contributed by atoms with E-state index in [0.29, 0.717) is 73.8 Å². The zero-order chi connectivity index (χ0) is 49.4. The molecule has 0 aromatic heterocycles. The number of hydrogen-bond donors (Lipinski definition) is 0. The minimum atomic E-state index is -0.439. The second kappa shape index (κ2) is 32.5. The van der Waals surface area contributed by atoms with Crippen molar-refractivity contribution in [1.29, 1.82) is 0 Å². The first kappa shape index (κ1) is 54.7. The van der Waals surface area contributed by atoms with Crippen molar-refractivity contribution in [3.63, 3.8) is 0 Å². The summed E-state index contributed by atoms with van der Waals surface area (Å²) >= 11 is 0. The fraction of sp³-hybridized carbons (Fsp3) is 0.448. The summed E-state index contributed by atoms with van der Waals surface area (Å²) in [4.78, 5) is 47.9. The van der Waals surface area contributed by atoms with Gasteiger partial charge in [0.2, 0.25) is 0 Å². The van der Waals surface area contributed by atoms with Gasteiger partial charge in [0.1, 0.15) is 23.0 Å². The first-order chi connectivity index (χ1) is 34.3. The van der Waals surface area contributed by atoms with Crippen LogP contribution in [0.4, 0.5) is 0 Å². The lowest BCUT2D eigenvalue weighted by molar-refractivity contribution is -0.138. The molecule has 0 radical (unpaired) electrons. The highest BCUT2D eigenvalue weighted by Gasteiger charge is 2.27. The molecule has 1 fully saturated rings. The molecule has 0 spiro atoms. The standard InChI is InChI=1S/C58H72O12/c1-3-55(59)65-41-19-13-9-5-7-11-17-39-63-49-35-27-47(28-36-49)57(61)69-51-31-23-45(24-32-51)43-67-53-21-15-16-22-54(53)68-44-46-25-33-52(34-26-46)70-58(62)48-29-37-50(38-30-48)64-40-18-12-8-6-10-14-20-42-66-56(60)4-2/h3-4,23-38,53-54H,1-2,5-22,39-44H2/t53-,54-/m1/s1. The van der Waals surface area contributed by atoms with Crippen LogP contribution >= 0.6 is 0 Å². The summed E-state index contributed by atoms with van der Waals surface area (Å²) in [6.07, 6.45) is 20.9. The highest BCUT2D eigenvalue weighted by atomic mass is 16.6. The molecule has 70 heavy (non-hydrogen) atoms. The summed E-state index contributed by atoms with van der Waals surface area (Å²) in [7, 11) is 0.